The van der Waals surface area contributed by atoms with E-state index in [1.807, 2.05) is 6.92 Å². The molecule has 11 heavy (non-hydrogen) atoms. The van der Waals surface area contributed by atoms with Gasteiger partial charge in [0, 0.05) is 6.61 Å². The van der Waals surface area contributed by atoms with E-state index in [4.69, 9.17) is 4.74 Å². The molecule has 1 aliphatic heterocycles. The Balaban J connectivity index is 2.17. The molecule has 0 radical (unpaired) electrons. The van der Waals surface area contributed by atoms with E-state index in [-0.39, 0.29) is 18.4 Å². The molecule has 0 unspecified atom stereocenters. The third-order valence-electron chi connectivity index (χ3n) is 1.90. The van der Waals surface area contributed by atoms with Gasteiger partial charge in [-0.25, -0.2) is 0 Å². The van der Waals surface area contributed by atoms with Crippen molar-refractivity contribution in [1.29, 1.82) is 0 Å². The zero-order valence-corrected chi connectivity index (χ0v) is 6.93. The van der Waals surface area contributed by atoms with Crippen LogP contribution >= 0.6 is 0 Å². The molecule has 1 heterocycles. The van der Waals surface area contributed by atoms with Crippen LogP contribution < -0.4 is 5.32 Å². The summed E-state index contributed by atoms with van der Waals surface area (Å²) >= 11 is 0. The molecule has 0 aromatic carbocycles. The highest BCUT2D eigenvalue weighted by Gasteiger charge is 2.21. The third-order valence-corrected chi connectivity index (χ3v) is 1.90. The minimum Gasteiger partial charge on any atom is -0.374 e. The summed E-state index contributed by atoms with van der Waals surface area (Å²) in [6, 6.07) is 0.0709. The number of ketones is 1. The molecular weight excluding hydrogens is 142 g/mol. The molecule has 1 N–H and O–H groups in total. The lowest BCUT2D eigenvalue weighted by molar-refractivity contribution is -0.125. The minimum absolute atomic E-state index is 0.0709. The van der Waals surface area contributed by atoms with E-state index >= 15 is 0 Å². The molecule has 1 atom stereocenters. The van der Waals surface area contributed by atoms with Gasteiger partial charge in [0.1, 0.15) is 6.61 Å². The van der Waals surface area contributed by atoms with Crippen LogP contribution in [-0.4, -0.2) is 31.6 Å². The van der Waals surface area contributed by atoms with E-state index in [1.165, 1.54) is 0 Å². The van der Waals surface area contributed by atoms with Gasteiger partial charge in [-0.2, -0.15) is 0 Å². The summed E-state index contributed by atoms with van der Waals surface area (Å²) in [5, 5.41) is 3.14. The Morgan fingerprint density at radius 3 is 3.09 bits per heavy atom. The molecule has 0 aromatic rings. The molecule has 3 heteroatoms. The van der Waals surface area contributed by atoms with E-state index in [1.54, 1.807) is 0 Å². The van der Waals surface area contributed by atoms with E-state index in [0.29, 0.717) is 6.61 Å². The molecule has 0 saturated carbocycles. The maximum Gasteiger partial charge on any atom is 0.175 e. The van der Waals surface area contributed by atoms with Crippen LogP contribution in [0, 0.1) is 0 Å². The molecule has 1 fully saturated rings. The molecule has 1 rings (SSSR count). The lowest BCUT2D eigenvalue weighted by Crippen LogP contribution is -2.33. The topological polar surface area (TPSA) is 38.3 Å². The van der Waals surface area contributed by atoms with Gasteiger partial charge in [0.2, 0.25) is 0 Å². The van der Waals surface area contributed by atoms with Crippen LogP contribution in [0.25, 0.3) is 0 Å². The van der Waals surface area contributed by atoms with Crippen molar-refractivity contribution in [3.63, 3.8) is 0 Å². The first-order valence-corrected chi connectivity index (χ1v) is 4.18. The van der Waals surface area contributed by atoms with Crippen LogP contribution in [0.15, 0.2) is 0 Å². The lowest BCUT2D eigenvalue weighted by atomic mass is 10.1. The van der Waals surface area contributed by atoms with E-state index < -0.39 is 0 Å². The van der Waals surface area contributed by atoms with Gasteiger partial charge in [-0.3, -0.25) is 4.79 Å². The van der Waals surface area contributed by atoms with Crippen LogP contribution in [0.4, 0.5) is 0 Å². The van der Waals surface area contributed by atoms with Gasteiger partial charge >= 0.3 is 0 Å². The Labute approximate surface area is 67.1 Å². The zero-order chi connectivity index (χ0) is 8.10. The van der Waals surface area contributed by atoms with Crippen molar-refractivity contribution in [2.45, 2.75) is 25.8 Å². The summed E-state index contributed by atoms with van der Waals surface area (Å²) in [4.78, 5) is 11.2. The first-order valence-electron chi connectivity index (χ1n) is 4.18. The van der Waals surface area contributed by atoms with Gasteiger partial charge in [0.25, 0.3) is 0 Å². The summed E-state index contributed by atoms with van der Waals surface area (Å²) in [6.07, 6.45) is 2.09. The fraction of sp³-hybridized carbons (Fsp3) is 0.875. The van der Waals surface area contributed by atoms with Crippen molar-refractivity contribution in [3.8, 4) is 0 Å². The van der Waals surface area contributed by atoms with Crippen molar-refractivity contribution in [3.05, 3.63) is 0 Å². The standard InChI is InChI=1S/C8H15NO2/c1-2-11-6-8(10)7-4-3-5-9-7/h7,9H,2-6H2,1H3/t7-/m0/s1. The third kappa shape index (κ3) is 2.60. The van der Waals surface area contributed by atoms with Crippen LogP contribution in [-0.2, 0) is 9.53 Å². The maximum absolute atomic E-state index is 11.2. The largest absolute Gasteiger partial charge is 0.374 e. The van der Waals surface area contributed by atoms with Crippen molar-refractivity contribution in [1.82, 2.24) is 5.32 Å². The normalized spacial score (nSPS) is 23.9. The van der Waals surface area contributed by atoms with Crippen molar-refractivity contribution in [2.75, 3.05) is 19.8 Å². The number of ether oxygens (including phenoxy) is 1. The number of rotatable bonds is 4. The molecular formula is C8H15NO2. The van der Waals surface area contributed by atoms with E-state index in [2.05, 4.69) is 5.32 Å². The molecule has 3 nitrogen and oxygen atoms in total. The van der Waals surface area contributed by atoms with Crippen LogP contribution in [0.5, 0.6) is 0 Å². The Bertz CT molecular complexity index is 130. The van der Waals surface area contributed by atoms with Crippen molar-refractivity contribution < 1.29 is 9.53 Å². The molecule has 0 bridgehead atoms. The Kier molecular flexibility index (Phi) is 3.52. The molecule has 0 spiro atoms. The summed E-state index contributed by atoms with van der Waals surface area (Å²) in [5.41, 5.74) is 0. The summed E-state index contributed by atoms with van der Waals surface area (Å²) < 4.78 is 5.02. The van der Waals surface area contributed by atoms with Crippen LogP contribution in [0.2, 0.25) is 0 Å². The summed E-state index contributed by atoms with van der Waals surface area (Å²) in [7, 11) is 0. The van der Waals surface area contributed by atoms with Gasteiger partial charge in [0.05, 0.1) is 6.04 Å². The molecule has 1 saturated heterocycles. The second kappa shape index (κ2) is 4.46. The molecule has 0 aliphatic carbocycles. The number of hydrogen-bond donors (Lipinski definition) is 1. The Hall–Kier alpha value is -0.410. The van der Waals surface area contributed by atoms with Crippen molar-refractivity contribution >= 4 is 5.78 Å². The van der Waals surface area contributed by atoms with Crippen LogP contribution in [0.3, 0.4) is 0 Å². The average molecular weight is 157 g/mol. The SMILES string of the molecule is CCOCC(=O)[C@@H]1CCCN1. The zero-order valence-electron chi connectivity index (χ0n) is 6.93. The first kappa shape index (κ1) is 8.68. The molecule has 64 valence electrons. The number of nitrogens with one attached hydrogen (secondary N) is 1. The van der Waals surface area contributed by atoms with Crippen LogP contribution in [0.1, 0.15) is 19.8 Å². The second-order valence-electron chi connectivity index (χ2n) is 2.75. The maximum atomic E-state index is 11.2. The molecule has 0 amide bonds. The Morgan fingerprint density at radius 1 is 1.73 bits per heavy atom. The van der Waals surface area contributed by atoms with Gasteiger partial charge in [0.15, 0.2) is 5.78 Å². The summed E-state index contributed by atoms with van der Waals surface area (Å²) in [5.74, 6) is 0.198. The van der Waals surface area contributed by atoms with Gasteiger partial charge in [-0.15, -0.1) is 0 Å². The molecule has 1 aliphatic rings. The molecule has 0 aromatic heterocycles. The first-order chi connectivity index (χ1) is 5.34. The fourth-order valence-electron chi connectivity index (χ4n) is 1.26. The highest BCUT2D eigenvalue weighted by molar-refractivity contribution is 5.85. The number of hydrogen-bond acceptors (Lipinski definition) is 3. The van der Waals surface area contributed by atoms with E-state index in [9.17, 15) is 4.79 Å². The fourth-order valence-corrected chi connectivity index (χ4v) is 1.26. The average Bonchev–Trinajstić information content (AvgIpc) is 2.52. The number of Topliss-reactive ketones (excluding diaryl/α,β-unsaturated/α-hetero) is 1. The number of carbonyl (C=O) groups excluding carboxylic acids is 1. The van der Waals surface area contributed by atoms with Gasteiger partial charge in [-0.05, 0) is 26.3 Å². The minimum atomic E-state index is 0.0709. The van der Waals surface area contributed by atoms with Gasteiger partial charge < -0.3 is 10.1 Å². The monoisotopic (exact) mass is 157 g/mol. The number of carbonyl (C=O) groups is 1. The Morgan fingerprint density at radius 2 is 2.55 bits per heavy atom. The smallest absolute Gasteiger partial charge is 0.175 e. The van der Waals surface area contributed by atoms with Crippen molar-refractivity contribution in [2.24, 2.45) is 0 Å². The lowest BCUT2D eigenvalue weighted by Gasteiger charge is -2.07. The van der Waals surface area contributed by atoms with Gasteiger partial charge in [-0.1, -0.05) is 0 Å². The highest BCUT2D eigenvalue weighted by atomic mass is 16.5. The second-order valence-corrected chi connectivity index (χ2v) is 2.75. The quantitative estimate of drug-likeness (QED) is 0.639. The predicted molar refractivity (Wildman–Crippen MR) is 42.5 cm³/mol. The van der Waals surface area contributed by atoms with E-state index in [0.717, 1.165) is 19.4 Å². The summed E-state index contributed by atoms with van der Waals surface area (Å²) in [6.45, 7) is 3.77. The highest BCUT2D eigenvalue weighted by Crippen LogP contribution is 2.05. The predicted octanol–water partition coefficient (Wildman–Crippen LogP) is 0.344.